The minimum atomic E-state index is -4.46. The van der Waals surface area contributed by atoms with Crippen LogP contribution in [0.5, 0.6) is 0 Å². The number of aromatic nitrogens is 4. The molecule has 1 N–H and O–H groups in total. The van der Waals surface area contributed by atoms with Crippen molar-refractivity contribution in [1.29, 1.82) is 0 Å². The molecule has 2 fully saturated rings. The van der Waals surface area contributed by atoms with E-state index in [2.05, 4.69) is 20.4 Å². The van der Waals surface area contributed by atoms with Crippen LogP contribution in [-0.2, 0) is 11.0 Å². The normalized spacial score (nSPS) is 20.5. The van der Waals surface area contributed by atoms with Crippen molar-refractivity contribution in [2.45, 2.75) is 50.7 Å². The van der Waals surface area contributed by atoms with E-state index in [1.165, 1.54) is 0 Å². The first kappa shape index (κ1) is 18.7. The second-order valence-electron chi connectivity index (χ2n) is 7.44. The summed E-state index contributed by atoms with van der Waals surface area (Å²) in [6.45, 7) is 2.45. The largest absolute Gasteiger partial charge is 0.419 e. The average Bonchev–Trinajstić information content (AvgIpc) is 3.42. The van der Waals surface area contributed by atoms with Gasteiger partial charge in [0, 0.05) is 32.1 Å². The topological polar surface area (TPSA) is 75.9 Å². The van der Waals surface area contributed by atoms with Gasteiger partial charge in [-0.15, -0.1) is 0 Å². The molecule has 2 aromatic heterocycles. The summed E-state index contributed by atoms with van der Waals surface area (Å²) in [6.07, 6.45) is 0.605. The van der Waals surface area contributed by atoms with Gasteiger partial charge in [-0.25, -0.2) is 9.97 Å². The average molecular weight is 394 g/mol. The third-order valence-electron chi connectivity index (χ3n) is 5.33. The lowest BCUT2D eigenvalue weighted by Crippen LogP contribution is -2.38. The molecule has 7 nitrogen and oxygen atoms in total. The highest BCUT2D eigenvalue weighted by atomic mass is 19.4. The zero-order chi connectivity index (χ0) is 20.1. The summed E-state index contributed by atoms with van der Waals surface area (Å²) in [5.41, 5.74) is 0.760. The predicted octanol–water partition coefficient (Wildman–Crippen LogP) is 3.41. The molecule has 10 heteroatoms. The lowest BCUT2D eigenvalue weighted by Gasteiger charge is -2.30. The molecular weight excluding hydrogens is 373 g/mol. The molecule has 0 bridgehead atoms. The Morgan fingerprint density at radius 3 is 2.61 bits per heavy atom. The maximum Gasteiger partial charge on any atom is 0.419 e. The summed E-state index contributed by atoms with van der Waals surface area (Å²) in [5.74, 6) is 0.0953. The van der Waals surface area contributed by atoms with Crippen molar-refractivity contribution < 1.29 is 18.0 Å². The quantitative estimate of drug-likeness (QED) is 0.860. The van der Waals surface area contributed by atoms with Crippen LogP contribution < -0.4 is 5.32 Å². The minimum absolute atomic E-state index is 0.0578. The van der Waals surface area contributed by atoms with Crippen LogP contribution in [0.25, 0.3) is 0 Å². The Morgan fingerprint density at radius 2 is 1.96 bits per heavy atom. The standard InChI is InChI=1S/C18H21F3N6O/c1-10-14(8-23-27(10)12-5-6-15(28)26(2)9-12)24-17-22-7-13(18(19,20)21)16(25-17)11-3-4-11/h7-8,11-12H,3-6,9H2,1-2H3,(H,22,24,25). The number of carbonyl (C=O) groups excluding carboxylic acids is 1. The second kappa shape index (κ2) is 6.75. The minimum Gasteiger partial charge on any atom is -0.344 e. The van der Waals surface area contributed by atoms with E-state index in [9.17, 15) is 18.0 Å². The zero-order valence-electron chi connectivity index (χ0n) is 15.6. The fourth-order valence-electron chi connectivity index (χ4n) is 3.57. The van der Waals surface area contributed by atoms with E-state index in [0.29, 0.717) is 37.9 Å². The molecule has 1 atom stereocenters. The number of likely N-dealkylation sites (N-methyl/N-ethyl adjacent to an activating group) is 1. The number of hydrogen-bond acceptors (Lipinski definition) is 5. The van der Waals surface area contributed by atoms with Crippen LogP contribution in [0.1, 0.15) is 54.6 Å². The monoisotopic (exact) mass is 394 g/mol. The first-order valence-electron chi connectivity index (χ1n) is 9.23. The van der Waals surface area contributed by atoms with Crippen LogP contribution in [-0.4, -0.2) is 44.1 Å². The second-order valence-corrected chi connectivity index (χ2v) is 7.44. The number of hydrogen-bond donors (Lipinski definition) is 1. The summed E-state index contributed by atoms with van der Waals surface area (Å²) >= 11 is 0. The molecular formula is C18H21F3N6O. The molecule has 3 heterocycles. The van der Waals surface area contributed by atoms with E-state index in [1.807, 2.05) is 11.6 Å². The van der Waals surface area contributed by atoms with E-state index in [0.717, 1.165) is 11.9 Å². The maximum absolute atomic E-state index is 13.2. The van der Waals surface area contributed by atoms with E-state index < -0.39 is 11.7 Å². The molecule has 28 heavy (non-hydrogen) atoms. The van der Waals surface area contributed by atoms with Crippen LogP contribution in [0.2, 0.25) is 0 Å². The Morgan fingerprint density at radius 1 is 1.21 bits per heavy atom. The fourth-order valence-corrected chi connectivity index (χ4v) is 3.57. The number of nitrogens with one attached hydrogen (secondary N) is 1. The fraction of sp³-hybridized carbons (Fsp3) is 0.556. The number of anilines is 2. The Hall–Kier alpha value is -2.65. The molecule has 0 radical (unpaired) electrons. The molecule has 1 saturated carbocycles. The molecule has 1 unspecified atom stereocenters. The molecule has 0 spiro atoms. The molecule has 1 amide bonds. The van der Waals surface area contributed by atoms with Crippen molar-refractivity contribution in [2.24, 2.45) is 0 Å². The Kier molecular flexibility index (Phi) is 4.51. The van der Waals surface area contributed by atoms with Gasteiger partial charge < -0.3 is 10.2 Å². The smallest absolute Gasteiger partial charge is 0.344 e. The highest BCUT2D eigenvalue weighted by Gasteiger charge is 2.40. The van der Waals surface area contributed by atoms with Gasteiger partial charge >= 0.3 is 6.18 Å². The van der Waals surface area contributed by atoms with Crippen molar-refractivity contribution >= 4 is 17.5 Å². The van der Waals surface area contributed by atoms with Crippen LogP contribution >= 0.6 is 0 Å². The molecule has 0 aromatic carbocycles. The van der Waals surface area contributed by atoms with Crippen molar-refractivity contribution in [2.75, 3.05) is 18.9 Å². The molecule has 1 aliphatic heterocycles. The number of nitrogens with zero attached hydrogens (tertiary/aromatic N) is 5. The predicted molar refractivity (Wildman–Crippen MR) is 95.2 cm³/mol. The van der Waals surface area contributed by atoms with Crippen molar-refractivity contribution in [3.63, 3.8) is 0 Å². The highest BCUT2D eigenvalue weighted by Crippen LogP contribution is 2.45. The van der Waals surface area contributed by atoms with Gasteiger partial charge in [-0.2, -0.15) is 18.3 Å². The van der Waals surface area contributed by atoms with E-state index in [1.54, 1.807) is 18.1 Å². The third-order valence-corrected chi connectivity index (χ3v) is 5.33. The van der Waals surface area contributed by atoms with Gasteiger partial charge in [0.25, 0.3) is 0 Å². The van der Waals surface area contributed by atoms with Crippen LogP contribution in [0.15, 0.2) is 12.4 Å². The Labute approximate surface area is 160 Å². The number of carbonyl (C=O) groups is 1. The first-order chi connectivity index (χ1) is 13.2. The number of piperidine rings is 1. The zero-order valence-corrected chi connectivity index (χ0v) is 15.6. The first-order valence-corrected chi connectivity index (χ1v) is 9.23. The Balaban J connectivity index is 1.56. The maximum atomic E-state index is 13.2. The van der Waals surface area contributed by atoms with Gasteiger partial charge in [0.15, 0.2) is 0 Å². The number of likely N-dealkylation sites (tertiary alicyclic amines) is 1. The number of amides is 1. The third kappa shape index (κ3) is 3.55. The van der Waals surface area contributed by atoms with Crippen LogP contribution in [0.4, 0.5) is 24.8 Å². The lowest BCUT2D eigenvalue weighted by molar-refractivity contribution is -0.138. The van der Waals surface area contributed by atoms with Crippen molar-refractivity contribution in [3.05, 3.63) is 29.3 Å². The summed E-state index contributed by atoms with van der Waals surface area (Å²) in [5, 5.41) is 7.40. The SMILES string of the molecule is Cc1c(Nc2ncc(C(F)(F)F)c(C3CC3)n2)cnn1C1CCC(=O)N(C)C1. The number of alkyl halides is 3. The van der Waals surface area contributed by atoms with Gasteiger partial charge in [-0.05, 0) is 26.2 Å². The molecule has 150 valence electrons. The molecule has 4 rings (SSSR count). The van der Waals surface area contributed by atoms with E-state index in [4.69, 9.17) is 0 Å². The summed E-state index contributed by atoms with van der Waals surface area (Å²) in [7, 11) is 1.77. The van der Waals surface area contributed by atoms with Gasteiger partial charge in [0.2, 0.25) is 11.9 Å². The molecule has 1 saturated heterocycles. The van der Waals surface area contributed by atoms with Crippen molar-refractivity contribution in [1.82, 2.24) is 24.6 Å². The van der Waals surface area contributed by atoms with Crippen LogP contribution in [0.3, 0.4) is 0 Å². The Bertz CT molecular complexity index is 905. The van der Waals surface area contributed by atoms with Gasteiger partial charge in [0.1, 0.15) is 0 Å². The van der Waals surface area contributed by atoms with Gasteiger partial charge in [0.05, 0.1) is 34.9 Å². The molecule has 2 aliphatic rings. The lowest BCUT2D eigenvalue weighted by atomic mass is 10.1. The van der Waals surface area contributed by atoms with Gasteiger partial charge in [-0.3, -0.25) is 9.48 Å². The number of rotatable bonds is 4. The molecule has 1 aliphatic carbocycles. The summed E-state index contributed by atoms with van der Waals surface area (Å²) in [6, 6.07) is 0.0637. The summed E-state index contributed by atoms with van der Waals surface area (Å²) in [4.78, 5) is 21.4. The van der Waals surface area contributed by atoms with Gasteiger partial charge in [-0.1, -0.05) is 0 Å². The van der Waals surface area contributed by atoms with E-state index in [-0.39, 0.29) is 29.5 Å². The van der Waals surface area contributed by atoms with Crippen LogP contribution in [0, 0.1) is 6.92 Å². The summed E-state index contributed by atoms with van der Waals surface area (Å²) < 4.78 is 41.4. The highest BCUT2D eigenvalue weighted by molar-refractivity contribution is 5.76. The number of halogens is 3. The van der Waals surface area contributed by atoms with E-state index >= 15 is 0 Å². The van der Waals surface area contributed by atoms with Crippen molar-refractivity contribution in [3.8, 4) is 0 Å². The molecule has 2 aromatic rings.